The van der Waals surface area contributed by atoms with E-state index in [0.717, 1.165) is 29.1 Å². The summed E-state index contributed by atoms with van der Waals surface area (Å²) in [7, 11) is 0. The van der Waals surface area contributed by atoms with E-state index in [-0.39, 0.29) is 23.6 Å². The molecule has 1 fully saturated rings. The van der Waals surface area contributed by atoms with E-state index < -0.39 is 0 Å². The first-order chi connectivity index (χ1) is 16.8. The topological polar surface area (TPSA) is 104 Å². The lowest BCUT2D eigenvalue weighted by Crippen LogP contribution is -2.24. The van der Waals surface area contributed by atoms with Crippen LogP contribution in [0, 0.1) is 13.8 Å². The summed E-state index contributed by atoms with van der Waals surface area (Å²) in [4.78, 5) is 39.0. The number of rotatable bonds is 8. The summed E-state index contributed by atoms with van der Waals surface area (Å²) in [5.41, 5.74) is 4.33. The fourth-order valence-corrected chi connectivity index (χ4v) is 4.73. The summed E-state index contributed by atoms with van der Waals surface area (Å²) in [5, 5.41) is 15.1. The molecule has 1 atom stereocenters. The molecule has 4 rings (SSSR count). The smallest absolute Gasteiger partial charge is 0.257 e. The second-order valence-corrected chi connectivity index (χ2v) is 9.81. The number of benzene rings is 2. The van der Waals surface area contributed by atoms with Crippen LogP contribution in [0.3, 0.4) is 0 Å². The maximum atomic E-state index is 12.7. The molecule has 0 bridgehead atoms. The number of aromatic nitrogens is 2. The Morgan fingerprint density at radius 3 is 2.54 bits per heavy atom. The van der Waals surface area contributed by atoms with Crippen molar-refractivity contribution in [3.63, 3.8) is 0 Å². The highest BCUT2D eigenvalue weighted by Crippen LogP contribution is 2.34. The lowest BCUT2D eigenvalue weighted by atomic mass is 10.1. The zero-order valence-electron chi connectivity index (χ0n) is 20.1. The van der Waals surface area contributed by atoms with Gasteiger partial charge in [0.25, 0.3) is 5.91 Å². The van der Waals surface area contributed by atoms with Crippen LogP contribution >= 0.6 is 11.3 Å². The highest BCUT2D eigenvalue weighted by Gasteiger charge is 2.34. The molecule has 3 amide bonds. The molecule has 0 radical (unpaired) electrons. The lowest BCUT2D eigenvalue weighted by Gasteiger charge is -2.17. The van der Waals surface area contributed by atoms with Crippen LogP contribution in [0.15, 0.2) is 42.5 Å². The predicted octanol–water partition coefficient (Wildman–Crippen LogP) is 5.06. The van der Waals surface area contributed by atoms with Gasteiger partial charge in [0.15, 0.2) is 0 Å². The minimum Gasteiger partial charge on any atom is -0.326 e. The van der Waals surface area contributed by atoms with Gasteiger partial charge in [-0.1, -0.05) is 30.7 Å². The van der Waals surface area contributed by atoms with Crippen LogP contribution in [0.25, 0.3) is 0 Å². The van der Waals surface area contributed by atoms with Crippen molar-refractivity contribution in [2.45, 2.75) is 52.4 Å². The Balaban J connectivity index is 1.36. The fraction of sp³-hybridized carbons (Fsp3) is 0.346. The van der Waals surface area contributed by atoms with Crippen molar-refractivity contribution in [3.05, 3.63) is 64.2 Å². The minimum absolute atomic E-state index is 0.0353. The summed E-state index contributed by atoms with van der Waals surface area (Å²) in [6.07, 6.45) is 2.64. The van der Waals surface area contributed by atoms with Gasteiger partial charge in [-0.15, -0.1) is 10.2 Å². The zero-order chi connectivity index (χ0) is 24.9. The third-order valence-corrected chi connectivity index (χ3v) is 7.13. The van der Waals surface area contributed by atoms with E-state index in [1.54, 1.807) is 29.2 Å². The van der Waals surface area contributed by atoms with Gasteiger partial charge in [0.1, 0.15) is 5.01 Å². The molecule has 0 aliphatic carbocycles. The molecule has 35 heavy (non-hydrogen) atoms. The molecule has 2 aromatic carbocycles. The first-order valence-electron chi connectivity index (χ1n) is 11.8. The molecule has 1 aliphatic heterocycles. The van der Waals surface area contributed by atoms with Crippen LogP contribution in [0.2, 0.25) is 0 Å². The molecule has 1 aromatic heterocycles. The van der Waals surface area contributed by atoms with Gasteiger partial charge < -0.3 is 10.2 Å². The van der Waals surface area contributed by atoms with E-state index in [9.17, 15) is 14.4 Å². The Morgan fingerprint density at radius 2 is 1.83 bits per heavy atom. The standard InChI is InChI=1S/C26H29N5O3S/c1-4-5-6-22(32)27-20-10-8-18(9-11-20)24(34)28-26-30-29-25(35-26)19-14-23(33)31(15-19)21-12-7-16(2)17(3)13-21/h7-13,19H,4-6,14-15H2,1-3H3,(H,27,32)(H,28,30,34)/t19-/m0/s1. The Morgan fingerprint density at radius 1 is 1.06 bits per heavy atom. The van der Waals surface area contributed by atoms with E-state index in [4.69, 9.17) is 0 Å². The van der Waals surface area contributed by atoms with Gasteiger partial charge in [0.05, 0.1) is 0 Å². The van der Waals surface area contributed by atoms with Crippen LogP contribution in [0.4, 0.5) is 16.5 Å². The van der Waals surface area contributed by atoms with Crippen molar-refractivity contribution in [2.24, 2.45) is 0 Å². The Bertz CT molecular complexity index is 1240. The van der Waals surface area contributed by atoms with Gasteiger partial charge in [-0.05, 0) is 67.8 Å². The molecular formula is C26H29N5O3S. The summed E-state index contributed by atoms with van der Waals surface area (Å²) < 4.78 is 0. The van der Waals surface area contributed by atoms with Crippen molar-refractivity contribution in [2.75, 3.05) is 22.1 Å². The predicted molar refractivity (Wildman–Crippen MR) is 138 cm³/mol. The van der Waals surface area contributed by atoms with Gasteiger partial charge >= 0.3 is 0 Å². The summed E-state index contributed by atoms with van der Waals surface area (Å²) >= 11 is 1.29. The second kappa shape index (κ2) is 10.8. The number of anilines is 3. The number of carbonyl (C=O) groups excluding carboxylic acids is 3. The molecule has 182 valence electrons. The van der Waals surface area contributed by atoms with E-state index in [2.05, 4.69) is 20.8 Å². The molecule has 0 saturated carbocycles. The highest BCUT2D eigenvalue weighted by atomic mass is 32.1. The van der Waals surface area contributed by atoms with Crippen molar-refractivity contribution >= 4 is 45.6 Å². The number of nitrogens with one attached hydrogen (secondary N) is 2. The van der Waals surface area contributed by atoms with E-state index in [1.807, 2.05) is 39.0 Å². The Labute approximate surface area is 208 Å². The Kier molecular flexibility index (Phi) is 7.55. The number of hydrogen-bond acceptors (Lipinski definition) is 6. The largest absolute Gasteiger partial charge is 0.326 e. The normalized spacial score (nSPS) is 15.3. The van der Waals surface area contributed by atoms with Gasteiger partial charge in [-0.2, -0.15) is 0 Å². The number of nitrogens with zero attached hydrogens (tertiary/aromatic N) is 3. The summed E-state index contributed by atoms with van der Waals surface area (Å²) in [6.45, 7) is 6.66. The van der Waals surface area contributed by atoms with E-state index in [1.165, 1.54) is 16.9 Å². The first-order valence-corrected chi connectivity index (χ1v) is 12.6. The molecule has 2 heterocycles. The third-order valence-electron chi connectivity index (χ3n) is 6.13. The number of aryl methyl sites for hydroxylation is 2. The SMILES string of the molecule is CCCCC(=O)Nc1ccc(C(=O)Nc2nnc([C@H]3CC(=O)N(c4ccc(C)c(C)c4)C3)s2)cc1. The monoisotopic (exact) mass is 491 g/mol. The first kappa shape index (κ1) is 24.5. The minimum atomic E-state index is -0.309. The Hall–Kier alpha value is -3.59. The number of unbranched alkanes of at least 4 members (excludes halogenated alkanes) is 1. The lowest BCUT2D eigenvalue weighted by molar-refractivity contribution is -0.117. The van der Waals surface area contributed by atoms with E-state index >= 15 is 0 Å². The second-order valence-electron chi connectivity index (χ2n) is 8.80. The maximum Gasteiger partial charge on any atom is 0.257 e. The summed E-state index contributed by atoms with van der Waals surface area (Å²) in [6, 6.07) is 12.7. The van der Waals surface area contributed by atoms with Gasteiger partial charge in [0.2, 0.25) is 16.9 Å². The summed E-state index contributed by atoms with van der Waals surface area (Å²) in [5.74, 6) is -0.355. The zero-order valence-corrected chi connectivity index (χ0v) is 20.9. The maximum absolute atomic E-state index is 12.7. The van der Waals surface area contributed by atoms with Gasteiger partial charge in [0, 0.05) is 42.2 Å². The van der Waals surface area contributed by atoms with Crippen molar-refractivity contribution in [1.29, 1.82) is 0 Å². The number of carbonyl (C=O) groups is 3. The molecule has 9 heteroatoms. The van der Waals surface area contributed by atoms with Crippen LogP contribution in [0.5, 0.6) is 0 Å². The fourth-order valence-electron chi connectivity index (χ4n) is 3.90. The quantitative estimate of drug-likeness (QED) is 0.459. The average molecular weight is 492 g/mol. The molecule has 1 saturated heterocycles. The molecule has 2 N–H and O–H groups in total. The van der Waals surface area contributed by atoms with Gasteiger partial charge in [-0.25, -0.2) is 0 Å². The van der Waals surface area contributed by atoms with E-state index in [0.29, 0.717) is 35.8 Å². The number of amides is 3. The molecule has 0 unspecified atom stereocenters. The molecule has 0 spiro atoms. The molecule has 1 aliphatic rings. The van der Waals surface area contributed by atoms with Gasteiger partial charge in [-0.3, -0.25) is 19.7 Å². The van der Waals surface area contributed by atoms with Crippen molar-refractivity contribution in [1.82, 2.24) is 10.2 Å². The third kappa shape index (κ3) is 5.92. The van der Waals surface area contributed by atoms with Crippen LogP contribution < -0.4 is 15.5 Å². The average Bonchev–Trinajstić information content (AvgIpc) is 3.46. The molecular weight excluding hydrogens is 462 g/mol. The molecule has 8 nitrogen and oxygen atoms in total. The van der Waals surface area contributed by atoms with Crippen molar-refractivity contribution in [3.8, 4) is 0 Å². The van der Waals surface area contributed by atoms with Crippen LogP contribution in [0.1, 0.15) is 65.0 Å². The number of hydrogen-bond donors (Lipinski definition) is 2. The highest BCUT2D eigenvalue weighted by molar-refractivity contribution is 7.15. The van der Waals surface area contributed by atoms with Crippen LogP contribution in [-0.2, 0) is 9.59 Å². The van der Waals surface area contributed by atoms with Crippen LogP contribution in [-0.4, -0.2) is 34.5 Å². The molecule has 3 aromatic rings. The van der Waals surface area contributed by atoms with Crippen molar-refractivity contribution < 1.29 is 14.4 Å².